The number of hydrogen-bond donors (Lipinski definition) is 1. The normalized spacial score (nSPS) is 10.0. The molecule has 5 heteroatoms. The van der Waals surface area contributed by atoms with Gasteiger partial charge in [0.1, 0.15) is 18.1 Å². The number of hydrogen-bond acceptors (Lipinski definition) is 3. The van der Waals surface area contributed by atoms with Gasteiger partial charge < -0.3 is 19.7 Å². The van der Waals surface area contributed by atoms with Crippen LogP contribution >= 0.6 is 0 Å². The lowest BCUT2D eigenvalue weighted by molar-refractivity contribution is 0.207. The maximum atomic E-state index is 12.1. The number of nitrogens with one attached hydrogen (secondary N) is 1. The number of benzene rings is 2. The van der Waals surface area contributed by atoms with Crippen LogP contribution in [0.5, 0.6) is 11.5 Å². The van der Waals surface area contributed by atoms with Crippen LogP contribution in [0.25, 0.3) is 0 Å². The van der Waals surface area contributed by atoms with Crippen molar-refractivity contribution in [1.82, 2.24) is 4.90 Å². The maximum Gasteiger partial charge on any atom is 0.321 e. The number of urea groups is 1. The fourth-order valence-corrected chi connectivity index (χ4v) is 1.96. The maximum absolute atomic E-state index is 12.1. The number of anilines is 1. The minimum atomic E-state index is -0.189. The van der Waals surface area contributed by atoms with Gasteiger partial charge in [0.15, 0.2) is 0 Å². The summed E-state index contributed by atoms with van der Waals surface area (Å²) in [6.07, 6.45) is 0. The number of rotatable bonds is 6. The second-order valence-electron chi connectivity index (χ2n) is 5.25. The molecule has 122 valence electrons. The number of carbonyl (C=O) groups excluding carboxylic acids is 1. The van der Waals surface area contributed by atoms with Crippen LogP contribution in [-0.4, -0.2) is 38.2 Å². The van der Waals surface area contributed by atoms with Crippen molar-refractivity contribution in [2.24, 2.45) is 0 Å². The standard InChI is InChI=1S/C18H22N2O3/c1-14-7-9-16(10-8-14)23-12-11-20(2)18(21)19-15-5-4-6-17(13-15)22-3/h4-10,13H,11-12H2,1-3H3,(H,19,21). The van der Waals surface area contributed by atoms with E-state index >= 15 is 0 Å². The van der Waals surface area contributed by atoms with Crippen molar-refractivity contribution in [3.05, 3.63) is 54.1 Å². The summed E-state index contributed by atoms with van der Waals surface area (Å²) in [6, 6.07) is 14.9. The van der Waals surface area contributed by atoms with E-state index in [0.717, 1.165) is 5.75 Å². The van der Waals surface area contributed by atoms with Gasteiger partial charge in [0.2, 0.25) is 0 Å². The Bertz CT molecular complexity index is 641. The lowest BCUT2D eigenvalue weighted by atomic mass is 10.2. The van der Waals surface area contributed by atoms with Gasteiger partial charge in [-0.1, -0.05) is 23.8 Å². The zero-order valence-electron chi connectivity index (χ0n) is 13.7. The molecule has 0 spiro atoms. The third-order valence-corrected chi connectivity index (χ3v) is 3.38. The lowest BCUT2D eigenvalue weighted by Gasteiger charge is -2.18. The van der Waals surface area contributed by atoms with Gasteiger partial charge in [0, 0.05) is 18.8 Å². The molecule has 2 amide bonds. The molecule has 0 heterocycles. The van der Waals surface area contributed by atoms with Gasteiger partial charge in [-0.25, -0.2) is 4.79 Å². The van der Waals surface area contributed by atoms with E-state index in [2.05, 4.69) is 5.32 Å². The van der Waals surface area contributed by atoms with E-state index in [9.17, 15) is 4.79 Å². The van der Waals surface area contributed by atoms with Crippen LogP contribution in [0.1, 0.15) is 5.56 Å². The molecule has 0 fully saturated rings. The molecular formula is C18H22N2O3. The van der Waals surface area contributed by atoms with E-state index in [0.29, 0.717) is 24.6 Å². The van der Waals surface area contributed by atoms with Crippen LogP contribution in [0.4, 0.5) is 10.5 Å². The fraction of sp³-hybridized carbons (Fsp3) is 0.278. The number of amides is 2. The quantitative estimate of drug-likeness (QED) is 0.887. The van der Waals surface area contributed by atoms with Gasteiger partial charge in [-0.15, -0.1) is 0 Å². The van der Waals surface area contributed by atoms with Crippen molar-refractivity contribution in [3.8, 4) is 11.5 Å². The van der Waals surface area contributed by atoms with Crippen LogP contribution < -0.4 is 14.8 Å². The zero-order chi connectivity index (χ0) is 16.7. The highest BCUT2D eigenvalue weighted by molar-refractivity contribution is 5.89. The molecule has 0 radical (unpaired) electrons. The van der Waals surface area contributed by atoms with Crippen LogP contribution in [0, 0.1) is 6.92 Å². The Morgan fingerprint density at radius 2 is 1.87 bits per heavy atom. The predicted octanol–water partition coefficient (Wildman–Crippen LogP) is 3.55. The average Bonchev–Trinajstić information content (AvgIpc) is 2.56. The van der Waals surface area contributed by atoms with Crippen molar-refractivity contribution < 1.29 is 14.3 Å². The highest BCUT2D eigenvalue weighted by Gasteiger charge is 2.09. The van der Waals surface area contributed by atoms with Crippen molar-refractivity contribution in [3.63, 3.8) is 0 Å². The second-order valence-corrected chi connectivity index (χ2v) is 5.25. The molecule has 0 saturated carbocycles. The summed E-state index contributed by atoms with van der Waals surface area (Å²) in [5, 5.41) is 2.82. The smallest absolute Gasteiger partial charge is 0.321 e. The fourth-order valence-electron chi connectivity index (χ4n) is 1.96. The molecule has 2 aromatic carbocycles. The van der Waals surface area contributed by atoms with Gasteiger partial charge in [-0.05, 0) is 31.2 Å². The third kappa shape index (κ3) is 5.21. The molecule has 0 saturated heterocycles. The van der Waals surface area contributed by atoms with E-state index in [1.807, 2.05) is 49.4 Å². The summed E-state index contributed by atoms with van der Waals surface area (Å²) in [5.41, 5.74) is 1.88. The number of nitrogens with zero attached hydrogens (tertiary/aromatic N) is 1. The Kier molecular flexibility index (Phi) is 5.86. The van der Waals surface area contributed by atoms with Crippen LogP contribution in [0.3, 0.4) is 0 Å². The first-order valence-corrected chi connectivity index (χ1v) is 7.44. The van der Waals surface area contributed by atoms with Gasteiger partial charge in [0.25, 0.3) is 0 Å². The SMILES string of the molecule is COc1cccc(NC(=O)N(C)CCOc2ccc(C)cc2)c1. The van der Waals surface area contributed by atoms with E-state index in [4.69, 9.17) is 9.47 Å². The molecule has 2 rings (SSSR count). The topological polar surface area (TPSA) is 50.8 Å². The lowest BCUT2D eigenvalue weighted by Crippen LogP contribution is -2.34. The predicted molar refractivity (Wildman–Crippen MR) is 91.3 cm³/mol. The zero-order valence-corrected chi connectivity index (χ0v) is 13.7. The molecule has 5 nitrogen and oxygen atoms in total. The summed E-state index contributed by atoms with van der Waals surface area (Å²) in [7, 11) is 3.32. The Morgan fingerprint density at radius 3 is 2.57 bits per heavy atom. The number of methoxy groups -OCH3 is 1. The molecule has 0 aliphatic rings. The van der Waals surface area contributed by atoms with Crippen LogP contribution in [0.2, 0.25) is 0 Å². The molecule has 0 bridgehead atoms. The van der Waals surface area contributed by atoms with E-state index in [-0.39, 0.29) is 6.03 Å². The van der Waals surface area contributed by atoms with E-state index < -0.39 is 0 Å². The summed E-state index contributed by atoms with van der Waals surface area (Å²) < 4.78 is 10.8. The summed E-state index contributed by atoms with van der Waals surface area (Å²) >= 11 is 0. The second kappa shape index (κ2) is 8.08. The van der Waals surface area contributed by atoms with Crippen molar-refractivity contribution in [2.45, 2.75) is 6.92 Å². The summed E-state index contributed by atoms with van der Waals surface area (Å²) in [4.78, 5) is 13.7. The van der Waals surface area contributed by atoms with Crippen LogP contribution in [-0.2, 0) is 0 Å². The molecule has 1 N–H and O–H groups in total. The van der Waals surface area contributed by atoms with Crippen molar-refractivity contribution in [2.75, 3.05) is 32.6 Å². The van der Waals surface area contributed by atoms with Gasteiger partial charge >= 0.3 is 6.03 Å². The number of ether oxygens (including phenoxy) is 2. The Balaban J connectivity index is 1.79. The van der Waals surface area contributed by atoms with Crippen molar-refractivity contribution in [1.29, 1.82) is 0 Å². The average molecular weight is 314 g/mol. The minimum Gasteiger partial charge on any atom is -0.497 e. The Hall–Kier alpha value is -2.69. The largest absolute Gasteiger partial charge is 0.497 e. The monoisotopic (exact) mass is 314 g/mol. The van der Waals surface area contributed by atoms with Gasteiger partial charge in [-0.2, -0.15) is 0 Å². The van der Waals surface area contributed by atoms with Gasteiger partial charge in [0.05, 0.1) is 13.7 Å². The van der Waals surface area contributed by atoms with Crippen molar-refractivity contribution >= 4 is 11.7 Å². The molecular weight excluding hydrogens is 292 g/mol. The number of likely N-dealkylation sites (N-methyl/N-ethyl adjacent to an activating group) is 1. The molecule has 0 aliphatic carbocycles. The molecule has 0 aromatic heterocycles. The minimum absolute atomic E-state index is 0.189. The highest BCUT2D eigenvalue weighted by Crippen LogP contribution is 2.17. The number of carbonyl (C=O) groups is 1. The summed E-state index contributed by atoms with van der Waals surface area (Å²) in [5.74, 6) is 1.50. The van der Waals surface area contributed by atoms with Gasteiger partial charge in [-0.3, -0.25) is 0 Å². The van der Waals surface area contributed by atoms with Crippen LogP contribution in [0.15, 0.2) is 48.5 Å². The van der Waals surface area contributed by atoms with E-state index in [1.54, 1.807) is 25.1 Å². The third-order valence-electron chi connectivity index (χ3n) is 3.38. The first kappa shape index (κ1) is 16.7. The molecule has 23 heavy (non-hydrogen) atoms. The molecule has 2 aromatic rings. The molecule has 0 atom stereocenters. The molecule has 0 unspecified atom stereocenters. The Morgan fingerprint density at radius 1 is 1.13 bits per heavy atom. The Labute approximate surface area is 136 Å². The summed E-state index contributed by atoms with van der Waals surface area (Å²) in [6.45, 7) is 2.95. The number of aryl methyl sites for hydroxylation is 1. The first-order valence-electron chi connectivity index (χ1n) is 7.44. The van der Waals surface area contributed by atoms with E-state index in [1.165, 1.54) is 5.56 Å². The molecule has 0 aliphatic heterocycles. The first-order chi connectivity index (χ1) is 11.1. The highest BCUT2D eigenvalue weighted by atomic mass is 16.5.